The van der Waals surface area contributed by atoms with Crippen LogP contribution in [0.5, 0.6) is 0 Å². The number of nitrogens with one attached hydrogen (secondary N) is 1. The van der Waals surface area contributed by atoms with Gasteiger partial charge in [-0.25, -0.2) is 4.98 Å². The summed E-state index contributed by atoms with van der Waals surface area (Å²) in [6, 6.07) is 11.1. The third-order valence-electron chi connectivity index (χ3n) is 2.86. The maximum atomic E-state index is 10.6. The van der Waals surface area contributed by atoms with E-state index in [4.69, 9.17) is 0 Å². The molecule has 0 saturated heterocycles. The zero-order valence-corrected chi connectivity index (χ0v) is 10.1. The second kappa shape index (κ2) is 4.86. The van der Waals surface area contributed by atoms with Crippen molar-refractivity contribution in [2.24, 2.45) is 0 Å². The molecule has 0 fully saturated rings. The number of pyridine rings is 1. The first-order valence-corrected chi connectivity index (χ1v) is 5.88. The van der Waals surface area contributed by atoms with Crippen molar-refractivity contribution in [3.63, 3.8) is 0 Å². The van der Waals surface area contributed by atoms with Gasteiger partial charge in [0.1, 0.15) is 12.1 Å². The van der Waals surface area contributed by atoms with Crippen molar-refractivity contribution in [3.05, 3.63) is 60.6 Å². The summed E-state index contributed by atoms with van der Waals surface area (Å²) in [4.78, 5) is 22.3. The number of benzene rings is 1. The summed E-state index contributed by atoms with van der Waals surface area (Å²) in [5.41, 5.74) is 3.42. The van der Waals surface area contributed by atoms with Crippen LogP contribution in [-0.2, 0) is 0 Å². The van der Waals surface area contributed by atoms with Gasteiger partial charge < -0.3 is 4.98 Å². The van der Waals surface area contributed by atoms with Crippen LogP contribution in [0.4, 0.5) is 0 Å². The van der Waals surface area contributed by atoms with Crippen molar-refractivity contribution in [3.8, 4) is 22.6 Å². The molecule has 0 aliphatic carbocycles. The molecule has 0 radical (unpaired) electrons. The quantitative estimate of drug-likeness (QED) is 0.726. The highest BCUT2D eigenvalue weighted by molar-refractivity contribution is 5.76. The topological polar surface area (TPSA) is 58.6 Å². The van der Waals surface area contributed by atoms with Crippen LogP contribution in [0.25, 0.3) is 22.6 Å². The summed E-state index contributed by atoms with van der Waals surface area (Å²) in [5.74, 6) is 0.774. The molecule has 0 amide bonds. The summed E-state index contributed by atoms with van der Waals surface area (Å²) in [7, 11) is 0. The summed E-state index contributed by atoms with van der Waals surface area (Å²) < 4.78 is 0. The molecular weight excluding hydrogens is 238 g/mol. The molecule has 4 nitrogen and oxygen atoms in total. The van der Waals surface area contributed by atoms with Gasteiger partial charge in [0.2, 0.25) is 0 Å². The number of rotatable bonds is 3. The number of nitrogens with zero attached hydrogens (tertiary/aromatic N) is 2. The highest BCUT2D eigenvalue weighted by Gasteiger charge is 2.05. The van der Waals surface area contributed by atoms with Gasteiger partial charge >= 0.3 is 0 Å². The minimum Gasteiger partial charge on any atom is -0.344 e. The van der Waals surface area contributed by atoms with Crippen LogP contribution < -0.4 is 0 Å². The van der Waals surface area contributed by atoms with E-state index in [1.54, 1.807) is 24.5 Å². The number of aromatic nitrogens is 3. The number of carbonyl (C=O) groups is 1. The van der Waals surface area contributed by atoms with Gasteiger partial charge in [-0.3, -0.25) is 9.78 Å². The zero-order valence-electron chi connectivity index (χ0n) is 10.1. The van der Waals surface area contributed by atoms with E-state index in [1.807, 2.05) is 30.5 Å². The van der Waals surface area contributed by atoms with Gasteiger partial charge in [-0.15, -0.1) is 0 Å². The Hall–Kier alpha value is -2.75. The molecule has 92 valence electrons. The van der Waals surface area contributed by atoms with Crippen LogP contribution in [0.15, 0.2) is 55.0 Å². The Morgan fingerprint density at radius 3 is 2.58 bits per heavy atom. The summed E-state index contributed by atoms with van der Waals surface area (Å²) in [6.07, 6.45) is 6.18. The first-order chi connectivity index (χ1) is 9.36. The van der Waals surface area contributed by atoms with E-state index in [0.717, 1.165) is 28.9 Å². The Bertz CT molecular complexity index is 687. The van der Waals surface area contributed by atoms with Crippen molar-refractivity contribution in [1.82, 2.24) is 15.0 Å². The van der Waals surface area contributed by atoms with Gasteiger partial charge in [0.05, 0.1) is 5.69 Å². The molecule has 0 aliphatic rings. The number of aldehydes is 1. The van der Waals surface area contributed by atoms with Crippen molar-refractivity contribution in [2.75, 3.05) is 0 Å². The van der Waals surface area contributed by atoms with Crippen LogP contribution in [0.2, 0.25) is 0 Å². The van der Waals surface area contributed by atoms with Gasteiger partial charge in [-0.1, -0.05) is 24.3 Å². The molecule has 0 saturated carbocycles. The smallest absolute Gasteiger partial charge is 0.150 e. The number of carbonyl (C=O) groups excluding carboxylic acids is 1. The molecular formula is C15H11N3O. The van der Waals surface area contributed by atoms with Gasteiger partial charge in [0.15, 0.2) is 0 Å². The van der Waals surface area contributed by atoms with Crippen LogP contribution in [0.3, 0.4) is 0 Å². The van der Waals surface area contributed by atoms with Crippen molar-refractivity contribution < 1.29 is 4.79 Å². The van der Waals surface area contributed by atoms with E-state index < -0.39 is 0 Å². The maximum Gasteiger partial charge on any atom is 0.150 e. The molecule has 19 heavy (non-hydrogen) atoms. The highest BCUT2D eigenvalue weighted by atomic mass is 16.1. The van der Waals surface area contributed by atoms with Gasteiger partial charge in [0, 0.05) is 35.3 Å². The Labute approximate surface area is 110 Å². The molecule has 4 heteroatoms. The monoisotopic (exact) mass is 249 g/mol. The fraction of sp³-hybridized carbons (Fsp3) is 0. The lowest BCUT2D eigenvalue weighted by atomic mass is 10.1. The molecule has 0 bridgehead atoms. The lowest BCUT2D eigenvalue weighted by Gasteiger charge is -1.97. The van der Waals surface area contributed by atoms with Crippen LogP contribution in [0, 0.1) is 0 Å². The van der Waals surface area contributed by atoms with Crippen LogP contribution in [-0.4, -0.2) is 21.2 Å². The number of imidazole rings is 1. The SMILES string of the molecule is O=Cc1ccc(-c2nc(-c3cccnc3)c[nH]2)cc1. The van der Waals surface area contributed by atoms with E-state index in [0.29, 0.717) is 5.56 Å². The molecule has 1 N–H and O–H groups in total. The molecule has 2 heterocycles. The third kappa shape index (κ3) is 2.28. The van der Waals surface area contributed by atoms with Crippen molar-refractivity contribution >= 4 is 6.29 Å². The molecule has 3 aromatic rings. The summed E-state index contributed by atoms with van der Waals surface area (Å²) in [5, 5.41) is 0. The Morgan fingerprint density at radius 1 is 1.05 bits per heavy atom. The van der Waals surface area contributed by atoms with Crippen molar-refractivity contribution in [1.29, 1.82) is 0 Å². The first-order valence-electron chi connectivity index (χ1n) is 5.88. The second-order valence-corrected chi connectivity index (χ2v) is 4.12. The molecule has 3 rings (SSSR count). The van der Waals surface area contributed by atoms with Gasteiger partial charge in [-0.05, 0) is 12.1 Å². The van der Waals surface area contributed by atoms with Crippen LogP contribution >= 0.6 is 0 Å². The molecule has 2 aromatic heterocycles. The minimum atomic E-state index is 0.655. The molecule has 0 atom stereocenters. The number of hydrogen-bond acceptors (Lipinski definition) is 3. The van der Waals surface area contributed by atoms with E-state index in [1.165, 1.54) is 0 Å². The number of H-pyrrole nitrogens is 1. The molecule has 0 unspecified atom stereocenters. The molecule has 1 aromatic carbocycles. The van der Waals surface area contributed by atoms with E-state index in [9.17, 15) is 4.79 Å². The van der Waals surface area contributed by atoms with Gasteiger partial charge in [-0.2, -0.15) is 0 Å². The number of aromatic amines is 1. The lowest BCUT2D eigenvalue weighted by molar-refractivity contribution is 0.112. The predicted molar refractivity (Wildman–Crippen MR) is 72.6 cm³/mol. The fourth-order valence-corrected chi connectivity index (χ4v) is 1.85. The average molecular weight is 249 g/mol. The highest BCUT2D eigenvalue weighted by Crippen LogP contribution is 2.21. The third-order valence-corrected chi connectivity index (χ3v) is 2.86. The Morgan fingerprint density at radius 2 is 1.89 bits per heavy atom. The molecule has 0 spiro atoms. The first kappa shape index (κ1) is 11.3. The van der Waals surface area contributed by atoms with E-state index in [2.05, 4.69) is 15.0 Å². The van der Waals surface area contributed by atoms with E-state index >= 15 is 0 Å². The zero-order chi connectivity index (χ0) is 13.1. The molecule has 0 aliphatic heterocycles. The fourth-order valence-electron chi connectivity index (χ4n) is 1.85. The van der Waals surface area contributed by atoms with E-state index in [-0.39, 0.29) is 0 Å². The lowest BCUT2D eigenvalue weighted by Crippen LogP contribution is -1.83. The Kier molecular flexibility index (Phi) is 2.90. The minimum absolute atomic E-state index is 0.655. The van der Waals surface area contributed by atoms with Gasteiger partial charge in [0.25, 0.3) is 0 Å². The Balaban J connectivity index is 1.94. The van der Waals surface area contributed by atoms with Crippen molar-refractivity contribution in [2.45, 2.75) is 0 Å². The largest absolute Gasteiger partial charge is 0.344 e. The second-order valence-electron chi connectivity index (χ2n) is 4.12. The predicted octanol–water partition coefficient (Wildman–Crippen LogP) is 2.95. The normalized spacial score (nSPS) is 10.3. The summed E-state index contributed by atoms with van der Waals surface area (Å²) in [6.45, 7) is 0. The maximum absolute atomic E-state index is 10.6. The summed E-state index contributed by atoms with van der Waals surface area (Å²) >= 11 is 0. The van der Waals surface area contributed by atoms with Crippen LogP contribution in [0.1, 0.15) is 10.4 Å². The average Bonchev–Trinajstić information content (AvgIpc) is 2.98. The number of hydrogen-bond donors (Lipinski definition) is 1. The standard InChI is InChI=1S/C15H11N3O/c19-10-11-3-5-12(6-4-11)15-17-9-14(18-15)13-2-1-7-16-8-13/h1-10H,(H,17,18).